The molecule has 160 valence electrons. The van der Waals surface area contributed by atoms with E-state index in [4.69, 9.17) is 0 Å². The third-order valence-electron chi connectivity index (χ3n) is 6.12. The summed E-state index contributed by atoms with van der Waals surface area (Å²) >= 11 is 0. The minimum Gasteiger partial charge on any atom is -0.453 e. The number of rotatable bonds is 6. The number of nitrogens with one attached hydrogen (secondary N) is 1. The number of carbonyl (C=O) groups excluding carboxylic acids is 2. The van der Waals surface area contributed by atoms with E-state index in [0.29, 0.717) is 25.1 Å². The molecule has 1 aliphatic carbocycles. The van der Waals surface area contributed by atoms with Crippen molar-refractivity contribution < 1.29 is 27.5 Å². The molecule has 0 bridgehead atoms. The van der Waals surface area contributed by atoms with Crippen molar-refractivity contribution in [2.75, 3.05) is 26.7 Å². The first-order valence-corrected chi connectivity index (χ1v) is 9.95. The highest BCUT2D eigenvalue weighted by atomic mass is 19.4. The lowest BCUT2D eigenvalue weighted by Gasteiger charge is -2.26. The summed E-state index contributed by atoms with van der Waals surface area (Å²) in [5, 5.41) is 2.59. The molecule has 29 heavy (non-hydrogen) atoms. The fraction of sp³-hybridized carbons (Fsp3) is 0.619. The molecular weight excluding hydrogens is 385 g/mol. The lowest BCUT2D eigenvalue weighted by Crippen LogP contribution is -2.41. The number of halogens is 3. The summed E-state index contributed by atoms with van der Waals surface area (Å²) in [6, 6.07) is 4.58. The summed E-state index contributed by atoms with van der Waals surface area (Å²) in [7, 11) is 1.27. The zero-order valence-corrected chi connectivity index (χ0v) is 16.9. The molecule has 4 atom stereocenters. The Hall–Kier alpha value is -2.25. The summed E-state index contributed by atoms with van der Waals surface area (Å²) in [5.41, 5.74) is 0.358. The first-order valence-electron chi connectivity index (χ1n) is 9.95. The van der Waals surface area contributed by atoms with Gasteiger partial charge in [-0.2, -0.15) is 13.2 Å². The van der Waals surface area contributed by atoms with Crippen LogP contribution in [0.2, 0.25) is 0 Å². The van der Waals surface area contributed by atoms with E-state index in [1.807, 2.05) is 6.92 Å². The smallest absolute Gasteiger partial charge is 0.416 e. The number of likely N-dealkylation sites (tertiary alicyclic amines) is 1. The van der Waals surface area contributed by atoms with Crippen LogP contribution in [0.15, 0.2) is 18.2 Å². The summed E-state index contributed by atoms with van der Waals surface area (Å²) < 4.78 is 44.1. The van der Waals surface area contributed by atoms with Crippen LogP contribution < -0.4 is 5.32 Å². The number of amides is 2. The Bertz CT molecular complexity index is 769. The van der Waals surface area contributed by atoms with Gasteiger partial charge in [0, 0.05) is 19.6 Å². The highest BCUT2D eigenvalue weighted by molar-refractivity contribution is 5.80. The largest absolute Gasteiger partial charge is 0.453 e. The molecule has 0 aromatic heterocycles. The average Bonchev–Trinajstić information content (AvgIpc) is 3.16. The van der Waals surface area contributed by atoms with Crippen LogP contribution in [0.5, 0.6) is 0 Å². The number of nitrogens with zero attached hydrogens (tertiary/aromatic N) is 1. The van der Waals surface area contributed by atoms with Gasteiger partial charge in [-0.3, -0.25) is 4.79 Å². The van der Waals surface area contributed by atoms with Gasteiger partial charge in [-0.15, -0.1) is 0 Å². The monoisotopic (exact) mass is 412 g/mol. The van der Waals surface area contributed by atoms with Crippen LogP contribution in [-0.4, -0.2) is 43.6 Å². The molecule has 1 aromatic carbocycles. The zero-order chi connectivity index (χ0) is 21.3. The van der Waals surface area contributed by atoms with Gasteiger partial charge in [-0.25, -0.2) is 4.79 Å². The maximum Gasteiger partial charge on any atom is 0.416 e. The van der Waals surface area contributed by atoms with Crippen LogP contribution in [0.1, 0.15) is 42.4 Å². The maximum absolute atomic E-state index is 13.2. The molecule has 1 aliphatic heterocycles. The quantitative estimate of drug-likeness (QED) is 0.770. The number of methoxy groups -OCH3 is 1. The standard InChI is InChI=1S/C21H27F3N2O3/c1-4-5-14(9-25-20(28)29-3)19(27)26-10-15-16(11-26)18(15)13-7-6-12(2)17(8-13)21(22,23)24/h6-8,14-16,18H,4-5,9-11H2,1-3H3,(H,25,28)/t14-,15-,16+,18?/m1/s1. The number of alkyl carbamates (subject to hydrolysis) is 1. The third-order valence-corrected chi connectivity index (χ3v) is 6.12. The molecule has 1 aromatic rings. The van der Waals surface area contributed by atoms with Crippen molar-refractivity contribution in [2.45, 2.75) is 38.8 Å². The number of carbonyl (C=O) groups is 2. The molecule has 1 unspecified atom stereocenters. The molecule has 3 rings (SSSR count). The normalized spacial score (nSPS) is 24.1. The predicted molar refractivity (Wildman–Crippen MR) is 101 cm³/mol. The van der Waals surface area contributed by atoms with Gasteiger partial charge in [0.2, 0.25) is 5.91 Å². The molecule has 2 fully saturated rings. The Balaban J connectivity index is 1.62. The second-order valence-electron chi connectivity index (χ2n) is 8.03. The van der Waals surface area contributed by atoms with Gasteiger partial charge in [0.25, 0.3) is 0 Å². The van der Waals surface area contributed by atoms with E-state index in [-0.39, 0.29) is 41.7 Å². The van der Waals surface area contributed by atoms with Crippen molar-refractivity contribution in [1.29, 1.82) is 0 Å². The van der Waals surface area contributed by atoms with Crippen molar-refractivity contribution in [3.05, 3.63) is 34.9 Å². The van der Waals surface area contributed by atoms with Gasteiger partial charge in [-0.1, -0.05) is 25.5 Å². The minimum absolute atomic E-state index is 0.00547. The van der Waals surface area contributed by atoms with Crippen LogP contribution >= 0.6 is 0 Å². The van der Waals surface area contributed by atoms with Gasteiger partial charge >= 0.3 is 12.3 Å². The van der Waals surface area contributed by atoms with E-state index in [1.165, 1.54) is 26.2 Å². The molecule has 1 saturated carbocycles. The second kappa shape index (κ2) is 8.24. The summed E-state index contributed by atoms with van der Waals surface area (Å²) in [6.07, 6.45) is -3.45. The van der Waals surface area contributed by atoms with E-state index in [1.54, 1.807) is 11.0 Å². The Morgan fingerprint density at radius 1 is 1.28 bits per heavy atom. The number of ether oxygens (including phenoxy) is 1. The minimum atomic E-state index is -4.36. The average molecular weight is 412 g/mol. The highest BCUT2D eigenvalue weighted by Gasteiger charge is 2.57. The van der Waals surface area contributed by atoms with Crippen LogP contribution in [0.3, 0.4) is 0 Å². The van der Waals surface area contributed by atoms with Gasteiger partial charge in [0.15, 0.2) is 0 Å². The number of alkyl halides is 3. The number of aryl methyl sites for hydroxylation is 1. The van der Waals surface area contributed by atoms with E-state index in [9.17, 15) is 22.8 Å². The molecule has 1 N–H and O–H groups in total. The lowest BCUT2D eigenvalue weighted by molar-refractivity contribution is -0.138. The molecule has 8 heteroatoms. The second-order valence-corrected chi connectivity index (χ2v) is 8.03. The van der Waals surface area contributed by atoms with Crippen LogP contribution in [-0.2, 0) is 15.7 Å². The summed E-state index contributed by atoms with van der Waals surface area (Å²) in [6.45, 7) is 4.79. The molecule has 0 spiro atoms. The van der Waals surface area contributed by atoms with Gasteiger partial charge in [0.1, 0.15) is 0 Å². The van der Waals surface area contributed by atoms with Gasteiger partial charge < -0.3 is 15.0 Å². The van der Waals surface area contributed by atoms with E-state index < -0.39 is 17.8 Å². The van der Waals surface area contributed by atoms with Crippen molar-refractivity contribution in [2.24, 2.45) is 17.8 Å². The fourth-order valence-corrected chi connectivity index (χ4v) is 4.55. The van der Waals surface area contributed by atoms with Crippen LogP contribution in [0, 0.1) is 24.7 Å². The van der Waals surface area contributed by atoms with Crippen molar-refractivity contribution in [1.82, 2.24) is 10.2 Å². The topological polar surface area (TPSA) is 58.6 Å². The third kappa shape index (κ3) is 4.51. The Morgan fingerprint density at radius 2 is 1.93 bits per heavy atom. The Labute approximate surface area is 168 Å². The molecule has 1 saturated heterocycles. The molecule has 2 aliphatic rings. The zero-order valence-electron chi connectivity index (χ0n) is 16.9. The van der Waals surface area contributed by atoms with E-state index in [0.717, 1.165) is 6.42 Å². The van der Waals surface area contributed by atoms with Crippen molar-refractivity contribution in [3.63, 3.8) is 0 Å². The molecule has 2 amide bonds. The lowest BCUT2D eigenvalue weighted by atomic mass is 9.98. The first kappa shape index (κ1) is 21.5. The van der Waals surface area contributed by atoms with Gasteiger partial charge in [0.05, 0.1) is 18.6 Å². The van der Waals surface area contributed by atoms with Crippen molar-refractivity contribution in [3.8, 4) is 0 Å². The first-order chi connectivity index (χ1) is 13.7. The Kier molecular flexibility index (Phi) is 6.10. The number of hydrogen-bond donors (Lipinski definition) is 1. The Morgan fingerprint density at radius 3 is 2.48 bits per heavy atom. The number of hydrogen-bond acceptors (Lipinski definition) is 3. The van der Waals surface area contributed by atoms with Crippen molar-refractivity contribution >= 4 is 12.0 Å². The maximum atomic E-state index is 13.2. The number of piperidine rings is 1. The van der Waals surface area contributed by atoms with Gasteiger partial charge in [-0.05, 0) is 48.3 Å². The van der Waals surface area contributed by atoms with E-state index in [2.05, 4.69) is 10.1 Å². The summed E-state index contributed by atoms with van der Waals surface area (Å²) in [5.74, 6) is 0.177. The molecule has 0 radical (unpaired) electrons. The molecule has 1 heterocycles. The highest BCUT2D eigenvalue weighted by Crippen LogP contribution is 2.58. The molecule has 5 nitrogen and oxygen atoms in total. The summed E-state index contributed by atoms with van der Waals surface area (Å²) in [4.78, 5) is 26.0. The predicted octanol–water partition coefficient (Wildman–Crippen LogP) is 3.96. The fourth-order valence-electron chi connectivity index (χ4n) is 4.55. The molecular formula is C21H27F3N2O3. The SMILES string of the molecule is CCC[C@H](CNC(=O)OC)C(=O)N1C[C@@H]2C(c3ccc(C)c(C(F)(F)F)c3)[C@@H]2C1. The van der Waals surface area contributed by atoms with Crippen LogP contribution in [0.25, 0.3) is 0 Å². The van der Waals surface area contributed by atoms with Crippen LogP contribution in [0.4, 0.5) is 18.0 Å². The number of fused-ring (bicyclic) bond motifs is 1. The van der Waals surface area contributed by atoms with E-state index >= 15 is 0 Å². The number of benzene rings is 1.